The smallest absolute Gasteiger partial charge is 0.240 e. The molecule has 2 N–H and O–H groups in total. The molecule has 0 heterocycles. The molecule has 0 unspecified atom stereocenters. The van der Waals surface area contributed by atoms with Gasteiger partial charge in [-0.2, -0.15) is 10.2 Å². The molecule has 0 rings (SSSR count). The van der Waals surface area contributed by atoms with E-state index in [1.807, 2.05) is 0 Å². The zero-order chi connectivity index (χ0) is 18.8. The molecule has 0 spiro atoms. The lowest BCUT2D eigenvalue weighted by Gasteiger charge is -2.01. The van der Waals surface area contributed by atoms with Crippen LogP contribution in [-0.2, 0) is 9.59 Å². The summed E-state index contributed by atoms with van der Waals surface area (Å²) in [6, 6.07) is 0. The van der Waals surface area contributed by atoms with E-state index >= 15 is 0 Å². The Balaban J connectivity index is 3.78. The monoisotopic (exact) mass is 352 g/mol. The predicted octanol–water partition coefficient (Wildman–Crippen LogP) is 4.30. The lowest BCUT2D eigenvalue weighted by molar-refractivity contribution is -0.122. The lowest BCUT2D eigenvalue weighted by atomic mass is 10.1. The molecule has 6 nitrogen and oxygen atoms in total. The first-order valence-electron chi connectivity index (χ1n) is 9.75. The van der Waals surface area contributed by atoms with Gasteiger partial charge in [-0.3, -0.25) is 9.59 Å². The van der Waals surface area contributed by atoms with E-state index in [9.17, 15) is 9.59 Å². The van der Waals surface area contributed by atoms with Crippen LogP contribution in [0.2, 0.25) is 0 Å². The van der Waals surface area contributed by atoms with Crippen LogP contribution in [0.1, 0.15) is 97.8 Å². The van der Waals surface area contributed by atoms with Crippen molar-refractivity contribution in [2.75, 3.05) is 0 Å². The second kappa shape index (κ2) is 17.1. The first-order valence-corrected chi connectivity index (χ1v) is 9.75. The number of nitrogens with one attached hydrogen (secondary N) is 2. The minimum atomic E-state index is -0.0864. The fraction of sp³-hybridized carbons (Fsp3) is 0.789. The number of rotatable bonds is 15. The van der Waals surface area contributed by atoms with Gasteiger partial charge in [-0.15, -0.1) is 0 Å². The Morgan fingerprint density at radius 2 is 1.24 bits per heavy atom. The van der Waals surface area contributed by atoms with Crippen molar-refractivity contribution in [1.82, 2.24) is 10.9 Å². The molecule has 0 saturated carbocycles. The van der Waals surface area contributed by atoms with E-state index in [1.165, 1.54) is 44.7 Å². The van der Waals surface area contributed by atoms with Crippen molar-refractivity contribution in [2.45, 2.75) is 97.8 Å². The van der Waals surface area contributed by atoms with Gasteiger partial charge in [0, 0.05) is 12.8 Å². The van der Waals surface area contributed by atoms with Crippen molar-refractivity contribution >= 4 is 23.7 Å². The summed E-state index contributed by atoms with van der Waals surface area (Å²) in [4.78, 5) is 23.2. The van der Waals surface area contributed by atoms with E-state index in [0.29, 0.717) is 18.6 Å². The largest absolute Gasteiger partial charge is 0.273 e. The number of unbranched alkanes of at least 4 members (excludes halogenated alkanes) is 8. The highest BCUT2D eigenvalue weighted by Crippen LogP contribution is 2.05. The van der Waals surface area contributed by atoms with Crippen LogP contribution in [0.3, 0.4) is 0 Å². The molecule has 0 aromatic heterocycles. The first kappa shape index (κ1) is 23.3. The van der Waals surface area contributed by atoms with Crippen LogP contribution in [0.4, 0.5) is 0 Å². The zero-order valence-electron chi connectivity index (χ0n) is 16.3. The number of carbonyl (C=O) groups is 2. The van der Waals surface area contributed by atoms with Crippen molar-refractivity contribution in [3.8, 4) is 0 Å². The maximum absolute atomic E-state index is 11.6. The van der Waals surface area contributed by atoms with Gasteiger partial charge >= 0.3 is 0 Å². The Morgan fingerprint density at radius 3 is 1.76 bits per heavy atom. The summed E-state index contributed by atoms with van der Waals surface area (Å²) in [5.74, 6) is -0.169. The number of nitrogens with zero attached hydrogens (tertiary/aromatic N) is 2. The molecule has 25 heavy (non-hydrogen) atoms. The van der Waals surface area contributed by atoms with Gasteiger partial charge in [0.1, 0.15) is 0 Å². The van der Waals surface area contributed by atoms with Gasteiger partial charge in [-0.05, 0) is 19.8 Å². The van der Waals surface area contributed by atoms with E-state index in [-0.39, 0.29) is 11.8 Å². The Hall–Kier alpha value is -1.72. The predicted molar refractivity (Wildman–Crippen MR) is 105 cm³/mol. The third-order valence-electron chi connectivity index (χ3n) is 3.81. The Morgan fingerprint density at radius 1 is 0.760 bits per heavy atom. The van der Waals surface area contributed by atoms with E-state index in [4.69, 9.17) is 0 Å². The van der Waals surface area contributed by atoms with Gasteiger partial charge in [-0.25, -0.2) is 10.9 Å². The quantitative estimate of drug-likeness (QED) is 0.262. The van der Waals surface area contributed by atoms with Crippen LogP contribution >= 0.6 is 0 Å². The van der Waals surface area contributed by atoms with Gasteiger partial charge in [0.05, 0.1) is 11.9 Å². The number of hydrogen-bond acceptors (Lipinski definition) is 4. The number of hydrazone groups is 2. The maximum atomic E-state index is 11.6. The molecule has 0 saturated heterocycles. The summed E-state index contributed by atoms with van der Waals surface area (Å²) in [5, 5.41) is 7.80. The molecule has 0 fully saturated rings. The number of carbonyl (C=O) groups excluding carboxylic acids is 2. The van der Waals surface area contributed by atoms with E-state index < -0.39 is 0 Å². The summed E-state index contributed by atoms with van der Waals surface area (Å²) in [5.41, 5.74) is 5.54. The molecule has 0 aromatic rings. The van der Waals surface area contributed by atoms with Crippen molar-refractivity contribution in [1.29, 1.82) is 0 Å². The van der Waals surface area contributed by atoms with Crippen LogP contribution in [-0.4, -0.2) is 23.7 Å². The van der Waals surface area contributed by atoms with Crippen LogP contribution < -0.4 is 10.9 Å². The standard InChI is InChI=1S/C19H36N4O2/c1-4-6-8-10-12-14-18(24)22-20-16-17(3)21-23-19(25)15-13-11-9-7-5-2/h16H,4-15H2,1-3H3,(H,22,24)(H,23,25). The molecule has 0 atom stereocenters. The highest BCUT2D eigenvalue weighted by molar-refractivity contribution is 6.29. The molecule has 2 amide bonds. The Kier molecular flexibility index (Phi) is 15.9. The molecule has 0 bridgehead atoms. The summed E-state index contributed by atoms with van der Waals surface area (Å²) >= 11 is 0. The normalized spacial score (nSPS) is 11.7. The average Bonchev–Trinajstić information content (AvgIpc) is 2.59. The molecule has 0 aliphatic heterocycles. The molecule has 6 heteroatoms. The van der Waals surface area contributed by atoms with Gasteiger partial charge in [0.25, 0.3) is 0 Å². The first-order chi connectivity index (χ1) is 12.1. The lowest BCUT2D eigenvalue weighted by Crippen LogP contribution is -2.20. The summed E-state index contributed by atoms with van der Waals surface area (Å²) < 4.78 is 0. The van der Waals surface area contributed by atoms with Crippen LogP contribution in [0.5, 0.6) is 0 Å². The number of amides is 2. The van der Waals surface area contributed by atoms with Crippen LogP contribution in [0.25, 0.3) is 0 Å². The summed E-state index contributed by atoms with van der Waals surface area (Å²) in [6.07, 6.45) is 13.6. The highest BCUT2D eigenvalue weighted by Gasteiger charge is 2.00. The molecule has 0 aromatic carbocycles. The Labute approximate surface area is 152 Å². The fourth-order valence-corrected chi connectivity index (χ4v) is 2.27. The van der Waals surface area contributed by atoms with Gasteiger partial charge in [0.15, 0.2) is 0 Å². The van der Waals surface area contributed by atoms with Gasteiger partial charge < -0.3 is 0 Å². The van der Waals surface area contributed by atoms with E-state index in [0.717, 1.165) is 25.7 Å². The SMILES string of the molecule is CCCCCCCC(=O)NN=CC(C)=NNC(=O)CCCCCCC. The molecule has 0 radical (unpaired) electrons. The number of hydrogen-bond donors (Lipinski definition) is 2. The van der Waals surface area contributed by atoms with Crippen LogP contribution in [0, 0.1) is 0 Å². The topological polar surface area (TPSA) is 82.9 Å². The molecule has 0 aliphatic rings. The maximum Gasteiger partial charge on any atom is 0.240 e. The van der Waals surface area contributed by atoms with Crippen molar-refractivity contribution in [2.24, 2.45) is 10.2 Å². The third kappa shape index (κ3) is 16.9. The summed E-state index contributed by atoms with van der Waals surface area (Å²) in [7, 11) is 0. The minimum Gasteiger partial charge on any atom is -0.273 e. The second-order valence-electron chi connectivity index (χ2n) is 6.41. The van der Waals surface area contributed by atoms with Crippen molar-refractivity contribution in [3.05, 3.63) is 0 Å². The average molecular weight is 353 g/mol. The van der Waals surface area contributed by atoms with Crippen molar-refractivity contribution < 1.29 is 9.59 Å². The zero-order valence-corrected chi connectivity index (χ0v) is 16.3. The van der Waals surface area contributed by atoms with Crippen LogP contribution in [0.15, 0.2) is 10.2 Å². The highest BCUT2D eigenvalue weighted by atomic mass is 16.2. The van der Waals surface area contributed by atoms with E-state index in [2.05, 4.69) is 34.9 Å². The third-order valence-corrected chi connectivity index (χ3v) is 3.81. The van der Waals surface area contributed by atoms with E-state index in [1.54, 1.807) is 6.92 Å². The van der Waals surface area contributed by atoms with Gasteiger partial charge in [0.2, 0.25) is 11.8 Å². The minimum absolute atomic E-state index is 0.0830. The Bertz CT molecular complexity index is 420. The summed E-state index contributed by atoms with van der Waals surface area (Å²) in [6.45, 7) is 6.06. The molecule has 0 aliphatic carbocycles. The second-order valence-corrected chi connectivity index (χ2v) is 6.41. The van der Waals surface area contributed by atoms with Gasteiger partial charge in [-0.1, -0.05) is 65.2 Å². The molecular formula is C19H36N4O2. The fourth-order valence-electron chi connectivity index (χ4n) is 2.27. The van der Waals surface area contributed by atoms with Crippen molar-refractivity contribution in [3.63, 3.8) is 0 Å². The molecular weight excluding hydrogens is 316 g/mol. The molecule has 144 valence electrons.